The molecule has 1 fully saturated rings. The molecule has 0 radical (unpaired) electrons. The average molecular weight is 461 g/mol. The van der Waals surface area contributed by atoms with Gasteiger partial charge >= 0.3 is 6.03 Å². The summed E-state index contributed by atoms with van der Waals surface area (Å²) in [6.07, 6.45) is 7.30. The van der Waals surface area contributed by atoms with Crippen LogP contribution in [0, 0.1) is 5.82 Å². The van der Waals surface area contributed by atoms with Crippen molar-refractivity contribution in [1.82, 2.24) is 20.5 Å². The number of imide groups is 1. The van der Waals surface area contributed by atoms with E-state index in [1.807, 2.05) is 0 Å². The topological polar surface area (TPSA) is 74.3 Å². The summed E-state index contributed by atoms with van der Waals surface area (Å²) in [5.41, 5.74) is 6.63. The zero-order valence-electron chi connectivity index (χ0n) is 19.7. The number of nitrogens with zero attached hydrogens (tertiary/aromatic N) is 2. The number of pyridine rings is 1. The third-order valence-corrected chi connectivity index (χ3v) is 5.76. The zero-order chi connectivity index (χ0) is 24.8. The van der Waals surface area contributed by atoms with Crippen LogP contribution in [0.2, 0.25) is 0 Å². The van der Waals surface area contributed by atoms with Crippen molar-refractivity contribution in [3.8, 4) is 0 Å². The number of halogens is 1. The van der Waals surface area contributed by atoms with Crippen LogP contribution in [0.1, 0.15) is 36.2 Å². The highest BCUT2D eigenvalue weighted by atomic mass is 19.1. The lowest BCUT2D eigenvalue weighted by Crippen LogP contribution is -2.30. The average Bonchev–Trinajstić information content (AvgIpc) is 3.31. The second kappa shape index (κ2) is 10.7. The minimum absolute atomic E-state index is 0.233. The number of nitrogens with one attached hydrogen (secondary N) is 2. The number of benzene rings is 1. The van der Waals surface area contributed by atoms with E-state index in [2.05, 4.69) is 65.8 Å². The molecule has 0 bridgehead atoms. The first-order valence-corrected chi connectivity index (χ1v) is 11.0. The van der Waals surface area contributed by atoms with Crippen LogP contribution in [0.15, 0.2) is 73.5 Å². The molecule has 0 aliphatic carbocycles. The third kappa shape index (κ3) is 5.49. The van der Waals surface area contributed by atoms with Gasteiger partial charge in [-0.15, -0.1) is 0 Å². The Kier molecular flexibility index (Phi) is 7.79. The summed E-state index contributed by atoms with van der Waals surface area (Å²) < 4.78 is 13.6. The Morgan fingerprint density at radius 1 is 1.29 bits per heavy atom. The molecular weight excluding hydrogens is 431 g/mol. The number of amides is 3. The van der Waals surface area contributed by atoms with Crippen molar-refractivity contribution >= 4 is 23.2 Å². The Bertz CT molecular complexity index is 1200. The highest BCUT2D eigenvalue weighted by molar-refractivity contribution is 6.06. The van der Waals surface area contributed by atoms with Gasteiger partial charge in [-0.25, -0.2) is 9.18 Å². The van der Waals surface area contributed by atoms with Crippen LogP contribution >= 0.6 is 0 Å². The van der Waals surface area contributed by atoms with E-state index >= 15 is 0 Å². The van der Waals surface area contributed by atoms with E-state index in [-0.39, 0.29) is 5.69 Å². The first-order chi connectivity index (χ1) is 16.2. The van der Waals surface area contributed by atoms with Crippen LogP contribution in [-0.4, -0.2) is 34.9 Å². The fourth-order valence-electron chi connectivity index (χ4n) is 3.72. The summed E-state index contributed by atoms with van der Waals surface area (Å²) in [5, 5.41) is 4.61. The van der Waals surface area contributed by atoms with Gasteiger partial charge in [-0.2, -0.15) is 0 Å². The molecule has 1 aromatic heterocycles. The number of aromatic nitrogens is 1. The Balaban J connectivity index is 0.000000212. The number of carbonyl (C=O) groups is 2. The van der Waals surface area contributed by atoms with E-state index in [0.29, 0.717) is 11.1 Å². The maximum Gasteiger partial charge on any atom is 0.322 e. The summed E-state index contributed by atoms with van der Waals surface area (Å²) in [4.78, 5) is 28.8. The van der Waals surface area contributed by atoms with Gasteiger partial charge < -0.3 is 10.2 Å². The van der Waals surface area contributed by atoms with Gasteiger partial charge in [0.2, 0.25) is 0 Å². The maximum atomic E-state index is 13.6. The molecule has 2 aromatic rings. The van der Waals surface area contributed by atoms with E-state index in [4.69, 9.17) is 0 Å². The Labute approximate surface area is 199 Å². The highest BCUT2D eigenvalue weighted by Gasteiger charge is 2.31. The molecule has 3 heterocycles. The molecule has 6 nitrogen and oxygen atoms in total. The molecule has 4 rings (SSSR count). The second-order valence-corrected chi connectivity index (χ2v) is 8.10. The predicted octanol–water partition coefficient (Wildman–Crippen LogP) is 4.61. The number of hydrogen-bond acceptors (Lipinski definition) is 4. The number of aryl methyl sites for hydroxylation is 1. The number of fused-ring (bicyclic) bond motifs is 1. The Morgan fingerprint density at radius 3 is 2.68 bits per heavy atom. The molecule has 1 atom stereocenters. The van der Waals surface area contributed by atoms with Crippen LogP contribution in [0.5, 0.6) is 0 Å². The standard InChI is InChI=1S/C15H14FN3O2.C12H15N/c1-3-10(13-14(20)19-15(21)18-13)7-6-9(2)12-11(16)5-4-8-17-12;1-4-10-5-6-11-8-13(3)9(2)12(11)7-10/h3-8,13H,1H2,2H3,(H2,18,19,20,21);5-7H,2,4,8H2,1,3H3/b9-6+,10-7+;. The lowest BCUT2D eigenvalue weighted by Gasteiger charge is -2.10. The monoisotopic (exact) mass is 460 g/mol. The SMILES string of the molecule is C=C/C(=C\C=C(/C)c1ncccc1F)C1NC(=O)NC1=O.C=C1c2cc(CC)ccc2CN1C. The molecule has 0 spiro atoms. The lowest BCUT2D eigenvalue weighted by molar-refractivity contribution is -0.119. The van der Waals surface area contributed by atoms with Crippen LogP contribution in [0.3, 0.4) is 0 Å². The van der Waals surface area contributed by atoms with Gasteiger partial charge in [0.1, 0.15) is 17.6 Å². The molecular formula is C27H29FN4O2. The smallest absolute Gasteiger partial charge is 0.322 e. The van der Waals surface area contributed by atoms with Crippen molar-refractivity contribution < 1.29 is 14.0 Å². The minimum atomic E-state index is -0.785. The molecule has 1 aromatic carbocycles. The van der Waals surface area contributed by atoms with Crippen molar-refractivity contribution in [2.24, 2.45) is 0 Å². The fourth-order valence-corrected chi connectivity index (χ4v) is 3.72. The van der Waals surface area contributed by atoms with Crippen molar-refractivity contribution in [3.63, 3.8) is 0 Å². The van der Waals surface area contributed by atoms with Crippen LogP contribution < -0.4 is 10.6 Å². The third-order valence-electron chi connectivity index (χ3n) is 5.76. The molecule has 1 unspecified atom stereocenters. The van der Waals surface area contributed by atoms with Gasteiger partial charge in [0.25, 0.3) is 5.91 Å². The van der Waals surface area contributed by atoms with Crippen LogP contribution in [0.25, 0.3) is 11.3 Å². The summed E-state index contributed by atoms with van der Waals surface area (Å²) in [7, 11) is 2.09. The largest absolute Gasteiger partial charge is 0.370 e. The Hall–Kier alpha value is -4.00. The minimum Gasteiger partial charge on any atom is -0.370 e. The van der Waals surface area contributed by atoms with Gasteiger partial charge in [-0.3, -0.25) is 15.1 Å². The van der Waals surface area contributed by atoms with Gasteiger partial charge in [0.05, 0.1) is 0 Å². The predicted molar refractivity (Wildman–Crippen MR) is 133 cm³/mol. The van der Waals surface area contributed by atoms with Gasteiger partial charge in [-0.1, -0.05) is 50.4 Å². The quantitative estimate of drug-likeness (QED) is 0.505. The lowest BCUT2D eigenvalue weighted by atomic mass is 10.0. The maximum absolute atomic E-state index is 13.6. The normalized spacial score (nSPS) is 17.6. The first-order valence-electron chi connectivity index (χ1n) is 11.0. The van der Waals surface area contributed by atoms with Crippen molar-refractivity contribution in [2.45, 2.75) is 32.9 Å². The number of urea groups is 1. The summed E-state index contributed by atoms with van der Waals surface area (Å²) in [6.45, 7) is 12.6. The first kappa shape index (κ1) is 24.6. The molecule has 2 aliphatic heterocycles. The second-order valence-electron chi connectivity index (χ2n) is 8.10. The molecule has 2 aliphatic rings. The molecule has 0 saturated carbocycles. The van der Waals surface area contributed by atoms with Crippen molar-refractivity contribution in [1.29, 1.82) is 0 Å². The molecule has 7 heteroatoms. The van der Waals surface area contributed by atoms with E-state index in [0.717, 1.165) is 18.7 Å². The summed E-state index contributed by atoms with van der Waals surface area (Å²) in [6, 6.07) is 8.20. The van der Waals surface area contributed by atoms with Crippen LogP contribution in [0.4, 0.5) is 9.18 Å². The molecule has 1 saturated heterocycles. The Morgan fingerprint density at radius 2 is 2.06 bits per heavy atom. The van der Waals surface area contributed by atoms with Gasteiger partial charge in [0, 0.05) is 31.0 Å². The fraction of sp³-hybridized carbons (Fsp3) is 0.222. The summed E-state index contributed by atoms with van der Waals surface area (Å²) >= 11 is 0. The van der Waals surface area contributed by atoms with E-state index < -0.39 is 23.8 Å². The molecule has 34 heavy (non-hydrogen) atoms. The number of allylic oxidation sites excluding steroid dienone is 3. The zero-order valence-corrected chi connectivity index (χ0v) is 19.7. The molecule has 3 amide bonds. The van der Waals surface area contributed by atoms with E-state index in [1.165, 1.54) is 41.1 Å². The van der Waals surface area contributed by atoms with Crippen LogP contribution in [-0.2, 0) is 17.8 Å². The molecule has 176 valence electrons. The van der Waals surface area contributed by atoms with E-state index in [9.17, 15) is 14.0 Å². The number of carbonyl (C=O) groups excluding carboxylic acids is 2. The van der Waals surface area contributed by atoms with Gasteiger partial charge in [0.15, 0.2) is 0 Å². The number of rotatable bonds is 5. The van der Waals surface area contributed by atoms with Gasteiger partial charge in [-0.05, 0) is 53.8 Å². The van der Waals surface area contributed by atoms with E-state index in [1.54, 1.807) is 19.1 Å². The highest BCUT2D eigenvalue weighted by Crippen LogP contribution is 2.30. The molecule has 2 N–H and O–H groups in total. The number of hydrogen-bond donors (Lipinski definition) is 2. The van der Waals surface area contributed by atoms with Crippen molar-refractivity contribution in [2.75, 3.05) is 7.05 Å². The van der Waals surface area contributed by atoms with Crippen molar-refractivity contribution in [3.05, 3.63) is 102 Å². The summed E-state index contributed by atoms with van der Waals surface area (Å²) in [5.74, 6) is -0.868.